The molecule has 8 atom stereocenters. The third-order valence-corrected chi connectivity index (χ3v) is 8.55. The molecule has 1 unspecified atom stereocenters. The van der Waals surface area contributed by atoms with E-state index in [4.69, 9.17) is 18.6 Å². The normalized spacial score (nSPS) is 38.2. The molecule has 186 valence electrons. The molecule has 0 amide bonds. The molecule has 34 heavy (non-hydrogen) atoms. The van der Waals surface area contributed by atoms with Gasteiger partial charge in [0.05, 0.1) is 31.5 Å². The van der Waals surface area contributed by atoms with Crippen LogP contribution in [0.2, 0.25) is 0 Å². The van der Waals surface area contributed by atoms with E-state index in [2.05, 4.69) is 5.32 Å². The Morgan fingerprint density at radius 1 is 1.24 bits per heavy atom. The summed E-state index contributed by atoms with van der Waals surface area (Å²) in [5, 5.41) is 2.81. The van der Waals surface area contributed by atoms with E-state index in [9.17, 15) is 19.2 Å². The van der Waals surface area contributed by atoms with Crippen molar-refractivity contribution in [3.8, 4) is 0 Å². The Balaban J connectivity index is 1.76. The second kappa shape index (κ2) is 8.83. The lowest BCUT2D eigenvalue weighted by Gasteiger charge is -2.61. The summed E-state index contributed by atoms with van der Waals surface area (Å²) in [6.45, 7) is 5.50. The minimum Gasteiger partial charge on any atom is -0.472 e. The number of methoxy groups -OCH3 is 1. The van der Waals surface area contributed by atoms with Crippen molar-refractivity contribution in [1.29, 1.82) is 0 Å². The van der Waals surface area contributed by atoms with Crippen LogP contribution >= 0.6 is 0 Å². The maximum Gasteiger partial charge on any atom is 0.323 e. The molecule has 1 N–H and O–H groups in total. The van der Waals surface area contributed by atoms with Crippen molar-refractivity contribution in [1.82, 2.24) is 5.32 Å². The van der Waals surface area contributed by atoms with Crippen LogP contribution in [0.1, 0.15) is 58.1 Å². The summed E-state index contributed by atoms with van der Waals surface area (Å²) in [4.78, 5) is 52.6. The van der Waals surface area contributed by atoms with Crippen molar-refractivity contribution in [3.63, 3.8) is 0 Å². The second-order valence-electron chi connectivity index (χ2n) is 10.4. The van der Waals surface area contributed by atoms with Gasteiger partial charge in [-0.15, -0.1) is 0 Å². The molecule has 0 spiro atoms. The molecule has 1 aromatic heterocycles. The molecule has 0 aromatic carbocycles. The summed E-state index contributed by atoms with van der Waals surface area (Å²) in [5.74, 6) is -3.44. The number of cyclic esters (lactones) is 1. The highest BCUT2D eigenvalue weighted by Gasteiger charge is 2.67. The van der Waals surface area contributed by atoms with Gasteiger partial charge in [0.1, 0.15) is 12.1 Å². The van der Waals surface area contributed by atoms with E-state index in [1.807, 2.05) is 13.8 Å². The molecular weight excluding hydrogens is 442 g/mol. The standard InChI is InChI=1S/C25H33NO8/c1-13(26-4)21(28)33-17-10-16(22(29)31-5)24(2)8-6-15-23(30)34-18(14-7-9-32-12-14)11-25(15,3)20(24)19(17)27/h7,9,12-13,15-18,20,26H,6,8,10-11H2,1-5H3/t13-,15-,16-,17-,18-,20?,24-,25-/m0/s1. The summed E-state index contributed by atoms with van der Waals surface area (Å²) in [6, 6.07) is 1.13. The van der Waals surface area contributed by atoms with Gasteiger partial charge in [0.25, 0.3) is 0 Å². The molecule has 4 rings (SSSR count). The van der Waals surface area contributed by atoms with Crippen molar-refractivity contribution in [2.75, 3.05) is 14.2 Å². The quantitative estimate of drug-likeness (QED) is 0.506. The van der Waals surface area contributed by atoms with Gasteiger partial charge in [-0.1, -0.05) is 13.8 Å². The van der Waals surface area contributed by atoms with Gasteiger partial charge in [0, 0.05) is 17.9 Å². The number of fused-ring (bicyclic) bond motifs is 3. The molecule has 0 radical (unpaired) electrons. The minimum absolute atomic E-state index is 0.0665. The van der Waals surface area contributed by atoms with Gasteiger partial charge in [0.2, 0.25) is 0 Å². The third kappa shape index (κ3) is 3.74. The summed E-state index contributed by atoms with van der Waals surface area (Å²) in [7, 11) is 2.95. The Morgan fingerprint density at radius 3 is 2.59 bits per heavy atom. The average Bonchev–Trinajstić information content (AvgIpc) is 3.34. The van der Waals surface area contributed by atoms with E-state index in [-0.39, 0.29) is 18.2 Å². The van der Waals surface area contributed by atoms with Gasteiger partial charge < -0.3 is 23.9 Å². The van der Waals surface area contributed by atoms with Crippen LogP contribution in [0.4, 0.5) is 0 Å². The monoisotopic (exact) mass is 475 g/mol. The van der Waals surface area contributed by atoms with Crippen LogP contribution in [0, 0.1) is 28.6 Å². The first-order valence-corrected chi connectivity index (χ1v) is 11.8. The highest BCUT2D eigenvalue weighted by molar-refractivity contribution is 5.93. The van der Waals surface area contributed by atoms with E-state index in [0.29, 0.717) is 19.3 Å². The number of ether oxygens (including phenoxy) is 3. The first-order chi connectivity index (χ1) is 16.1. The zero-order valence-corrected chi connectivity index (χ0v) is 20.3. The molecule has 2 heterocycles. The number of nitrogens with one attached hydrogen (secondary N) is 1. The SMILES string of the molecule is CN[C@@H](C)C(=O)O[C@H]1C[C@@H](C(=O)OC)[C@]2(C)CC[C@H]3C(=O)O[C@H](c4ccoc4)C[C@]3(C)C2C1=O. The van der Waals surface area contributed by atoms with Crippen molar-refractivity contribution in [3.05, 3.63) is 24.2 Å². The van der Waals surface area contributed by atoms with Gasteiger partial charge in [-0.3, -0.25) is 19.2 Å². The zero-order chi connectivity index (χ0) is 24.8. The van der Waals surface area contributed by atoms with Crippen LogP contribution < -0.4 is 5.32 Å². The average molecular weight is 476 g/mol. The smallest absolute Gasteiger partial charge is 0.323 e. The Hall–Kier alpha value is -2.68. The second-order valence-corrected chi connectivity index (χ2v) is 10.4. The van der Waals surface area contributed by atoms with Gasteiger partial charge in [-0.05, 0) is 50.1 Å². The number of Topliss-reactive ketones (excluding diaryl/α,β-unsaturated/α-hetero) is 1. The zero-order valence-electron chi connectivity index (χ0n) is 20.3. The molecule has 9 heteroatoms. The molecule has 1 saturated heterocycles. The highest BCUT2D eigenvalue weighted by Crippen LogP contribution is 2.65. The molecule has 3 aliphatic rings. The van der Waals surface area contributed by atoms with Crippen LogP contribution in [-0.2, 0) is 33.4 Å². The third-order valence-electron chi connectivity index (χ3n) is 8.55. The van der Waals surface area contributed by atoms with Crippen molar-refractivity contribution in [2.24, 2.45) is 28.6 Å². The van der Waals surface area contributed by atoms with Gasteiger partial charge in [-0.25, -0.2) is 0 Å². The van der Waals surface area contributed by atoms with E-state index in [1.165, 1.54) is 19.6 Å². The molecule has 9 nitrogen and oxygen atoms in total. The molecule has 2 saturated carbocycles. The number of rotatable bonds is 5. The van der Waals surface area contributed by atoms with E-state index >= 15 is 0 Å². The topological polar surface area (TPSA) is 121 Å². The molecule has 1 aromatic rings. The Labute approximate surface area is 198 Å². The lowest BCUT2D eigenvalue weighted by Crippen LogP contribution is -2.65. The molecule has 3 fully saturated rings. The molecule has 2 aliphatic carbocycles. The van der Waals surface area contributed by atoms with Gasteiger partial charge in [-0.2, -0.15) is 0 Å². The summed E-state index contributed by atoms with van der Waals surface area (Å²) < 4.78 is 21.7. The van der Waals surface area contributed by atoms with E-state index in [0.717, 1.165) is 5.56 Å². The van der Waals surface area contributed by atoms with Crippen LogP contribution in [-0.4, -0.2) is 50.0 Å². The molecule has 1 aliphatic heterocycles. The Kier molecular flexibility index (Phi) is 6.35. The van der Waals surface area contributed by atoms with E-state index < -0.39 is 58.8 Å². The summed E-state index contributed by atoms with van der Waals surface area (Å²) in [5.41, 5.74) is -0.822. The largest absolute Gasteiger partial charge is 0.472 e. The fourth-order valence-corrected chi connectivity index (χ4v) is 6.62. The fraction of sp³-hybridized carbons (Fsp3) is 0.680. The summed E-state index contributed by atoms with van der Waals surface area (Å²) >= 11 is 0. The Morgan fingerprint density at radius 2 is 1.97 bits per heavy atom. The lowest BCUT2D eigenvalue weighted by molar-refractivity contribution is -0.210. The fourth-order valence-electron chi connectivity index (χ4n) is 6.62. The minimum atomic E-state index is -1.09. The molecular formula is C25H33NO8. The number of carbonyl (C=O) groups is 4. The van der Waals surface area contributed by atoms with Gasteiger partial charge >= 0.3 is 17.9 Å². The molecule has 0 bridgehead atoms. The number of esters is 3. The number of likely N-dealkylation sites (N-methyl/N-ethyl adjacent to an activating group) is 1. The van der Waals surface area contributed by atoms with Crippen molar-refractivity contribution >= 4 is 23.7 Å². The highest BCUT2D eigenvalue weighted by atomic mass is 16.6. The number of carbonyl (C=O) groups excluding carboxylic acids is 4. The maximum atomic E-state index is 14.0. The van der Waals surface area contributed by atoms with Crippen LogP contribution in [0.5, 0.6) is 0 Å². The van der Waals surface area contributed by atoms with Crippen molar-refractivity contribution in [2.45, 2.75) is 64.7 Å². The number of hydrogen-bond acceptors (Lipinski definition) is 9. The predicted octanol–water partition coefficient (Wildman–Crippen LogP) is 2.59. The first kappa shape index (κ1) is 24.4. The first-order valence-electron chi connectivity index (χ1n) is 11.8. The number of furan rings is 1. The predicted molar refractivity (Wildman–Crippen MR) is 118 cm³/mol. The Bertz CT molecular complexity index is 974. The van der Waals surface area contributed by atoms with Crippen molar-refractivity contribution < 1.29 is 37.8 Å². The maximum absolute atomic E-state index is 14.0. The lowest BCUT2D eigenvalue weighted by atomic mass is 9.43. The van der Waals surface area contributed by atoms with Crippen LogP contribution in [0.15, 0.2) is 23.0 Å². The number of ketones is 1. The number of hydrogen-bond donors (Lipinski definition) is 1. The van der Waals surface area contributed by atoms with Gasteiger partial charge in [0.15, 0.2) is 11.9 Å². The summed E-state index contributed by atoms with van der Waals surface area (Å²) in [6.07, 6.45) is 2.85. The van der Waals surface area contributed by atoms with Crippen LogP contribution in [0.3, 0.4) is 0 Å². The van der Waals surface area contributed by atoms with E-state index in [1.54, 1.807) is 20.0 Å². The van der Waals surface area contributed by atoms with Crippen LogP contribution in [0.25, 0.3) is 0 Å².